The van der Waals surface area contributed by atoms with E-state index in [9.17, 15) is 9.59 Å². The predicted molar refractivity (Wildman–Crippen MR) is 74.4 cm³/mol. The van der Waals surface area contributed by atoms with Gasteiger partial charge in [0.1, 0.15) is 12.1 Å². The van der Waals surface area contributed by atoms with Crippen LogP contribution in [0.2, 0.25) is 0 Å². The number of rotatable bonds is 2. The molecule has 2 aliphatic rings. The van der Waals surface area contributed by atoms with E-state index in [0.29, 0.717) is 26.1 Å². The van der Waals surface area contributed by atoms with Gasteiger partial charge in [0.25, 0.3) is 0 Å². The Labute approximate surface area is 123 Å². The first kappa shape index (κ1) is 13.9. The Morgan fingerprint density at radius 2 is 1.90 bits per heavy atom. The lowest BCUT2D eigenvalue weighted by atomic mass is 10.1. The summed E-state index contributed by atoms with van der Waals surface area (Å²) in [5, 5.41) is 3.00. The van der Waals surface area contributed by atoms with E-state index in [-0.39, 0.29) is 24.2 Å². The van der Waals surface area contributed by atoms with Crippen molar-refractivity contribution in [2.24, 2.45) is 0 Å². The fourth-order valence-electron chi connectivity index (χ4n) is 2.79. The quantitative estimate of drug-likeness (QED) is 0.824. The summed E-state index contributed by atoms with van der Waals surface area (Å²) in [5.74, 6) is -0.317. The molecule has 2 heterocycles. The highest BCUT2D eigenvalue weighted by Crippen LogP contribution is 2.23. The molecule has 21 heavy (non-hydrogen) atoms. The summed E-state index contributed by atoms with van der Waals surface area (Å²) in [6.45, 7) is 1.64. The smallest absolute Gasteiger partial charge is 0.410 e. The molecule has 1 unspecified atom stereocenters. The zero-order valence-electron chi connectivity index (χ0n) is 11.9. The Morgan fingerprint density at radius 1 is 1.24 bits per heavy atom. The van der Waals surface area contributed by atoms with Gasteiger partial charge in [-0.15, -0.1) is 0 Å². The second-order valence-corrected chi connectivity index (χ2v) is 5.35. The molecule has 0 aliphatic carbocycles. The van der Waals surface area contributed by atoms with Crippen molar-refractivity contribution < 1.29 is 19.1 Å². The summed E-state index contributed by atoms with van der Waals surface area (Å²) in [4.78, 5) is 25.3. The highest BCUT2D eigenvalue weighted by atomic mass is 16.6. The average molecular weight is 290 g/mol. The van der Waals surface area contributed by atoms with E-state index in [1.165, 1.54) is 7.11 Å². The molecule has 0 saturated carbocycles. The van der Waals surface area contributed by atoms with Crippen LogP contribution in [0.5, 0.6) is 0 Å². The van der Waals surface area contributed by atoms with Crippen LogP contribution in [-0.2, 0) is 27.4 Å². The van der Waals surface area contributed by atoms with Gasteiger partial charge in [-0.1, -0.05) is 24.3 Å². The number of nitrogens with zero attached hydrogens (tertiary/aromatic N) is 1. The molecule has 1 N–H and O–H groups in total. The number of esters is 1. The highest BCUT2D eigenvalue weighted by molar-refractivity contribution is 5.76. The van der Waals surface area contributed by atoms with Crippen molar-refractivity contribution in [3.8, 4) is 0 Å². The van der Waals surface area contributed by atoms with Gasteiger partial charge in [0, 0.05) is 26.1 Å². The molecule has 1 aromatic rings. The Hall–Kier alpha value is -2.08. The van der Waals surface area contributed by atoms with E-state index in [4.69, 9.17) is 4.74 Å². The van der Waals surface area contributed by atoms with Gasteiger partial charge < -0.3 is 14.8 Å². The molecular weight excluding hydrogens is 272 g/mol. The Balaban J connectivity index is 1.53. The van der Waals surface area contributed by atoms with Gasteiger partial charge >= 0.3 is 12.1 Å². The van der Waals surface area contributed by atoms with Crippen LogP contribution in [0.15, 0.2) is 24.3 Å². The molecule has 1 saturated heterocycles. The second kappa shape index (κ2) is 5.73. The number of methoxy groups -OCH3 is 1. The fraction of sp³-hybridized carbons (Fsp3) is 0.467. The third kappa shape index (κ3) is 2.85. The third-order valence-electron chi connectivity index (χ3n) is 3.94. The fourth-order valence-corrected chi connectivity index (χ4v) is 2.79. The Bertz CT molecular complexity index is 535. The van der Waals surface area contributed by atoms with Crippen molar-refractivity contribution in [1.29, 1.82) is 0 Å². The third-order valence-corrected chi connectivity index (χ3v) is 3.94. The number of ether oxygens (including phenoxy) is 2. The summed E-state index contributed by atoms with van der Waals surface area (Å²) >= 11 is 0. The van der Waals surface area contributed by atoms with Gasteiger partial charge in [-0.3, -0.25) is 9.69 Å². The molecule has 1 fully saturated rings. The summed E-state index contributed by atoms with van der Waals surface area (Å²) in [7, 11) is 1.35. The zero-order chi connectivity index (χ0) is 14.8. The summed E-state index contributed by atoms with van der Waals surface area (Å²) in [6.07, 6.45) is -0.159. The summed E-state index contributed by atoms with van der Waals surface area (Å²) < 4.78 is 10.1. The molecule has 112 valence electrons. The maximum absolute atomic E-state index is 12.2. The highest BCUT2D eigenvalue weighted by Gasteiger charge is 2.34. The van der Waals surface area contributed by atoms with E-state index in [0.717, 1.165) is 11.1 Å². The number of amides is 1. The van der Waals surface area contributed by atoms with Gasteiger partial charge in [0.15, 0.2) is 0 Å². The number of carbonyl (C=O) groups excluding carboxylic acids is 2. The van der Waals surface area contributed by atoms with E-state index < -0.39 is 0 Å². The van der Waals surface area contributed by atoms with Crippen LogP contribution in [0.4, 0.5) is 4.79 Å². The van der Waals surface area contributed by atoms with Gasteiger partial charge in [-0.2, -0.15) is 0 Å². The van der Waals surface area contributed by atoms with Crippen molar-refractivity contribution in [3.05, 3.63) is 35.4 Å². The van der Waals surface area contributed by atoms with E-state index >= 15 is 0 Å². The van der Waals surface area contributed by atoms with Gasteiger partial charge in [0.2, 0.25) is 0 Å². The number of hydrogen-bond donors (Lipinski definition) is 1. The molecule has 3 rings (SSSR count). The lowest BCUT2D eigenvalue weighted by Gasteiger charge is -2.18. The maximum atomic E-state index is 12.2. The number of nitrogens with one attached hydrogen (secondary N) is 1. The Morgan fingerprint density at radius 3 is 2.52 bits per heavy atom. The number of benzene rings is 1. The minimum atomic E-state index is -0.386. The number of fused-ring (bicyclic) bond motifs is 1. The SMILES string of the molecule is COC(=O)C1C[C@@H](OC(=O)N2Cc3ccccc3C2)CN1. The number of hydrogen-bond acceptors (Lipinski definition) is 5. The first-order chi connectivity index (χ1) is 10.2. The largest absolute Gasteiger partial charge is 0.468 e. The molecule has 2 aliphatic heterocycles. The van der Waals surface area contributed by atoms with Gasteiger partial charge in [-0.05, 0) is 11.1 Å². The van der Waals surface area contributed by atoms with Crippen LogP contribution in [0, 0.1) is 0 Å². The second-order valence-electron chi connectivity index (χ2n) is 5.35. The van der Waals surface area contributed by atoms with E-state index in [2.05, 4.69) is 10.1 Å². The lowest BCUT2D eigenvalue weighted by Crippen LogP contribution is -2.31. The summed E-state index contributed by atoms with van der Waals surface area (Å²) in [5.41, 5.74) is 2.32. The lowest BCUT2D eigenvalue weighted by molar-refractivity contribution is -0.142. The standard InChI is InChI=1S/C15H18N2O4/c1-20-14(18)13-6-12(7-16-13)21-15(19)17-8-10-4-2-3-5-11(10)9-17/h2-5,12-13,16H,6-9H2,1H3/t12-,13?/m1/s1. The molecule has 0 aromatic heterocycles. The first-order valence-electron chi connectivity index (χ1n) is 7.01. The Kier molecular flexibility index (Phi) is 3.79. The minimum Gasteiger partial charge on any atom is -0.468 e. The van der Waals surface area contributed by atoms with E-state index in [1.54, 1.807) is 4.90 Å². The maximum Gasteiger partial charge on any atom is 0.410 e. The van der Waals surface area contributed by atoms with Crippen molar-refractivity contribution in [2.45, 2.75) is 31.7 Å². The predicted octanol–water partition coefficient (Wildman–Crippen LogP) is 1.04. The molecule has 0 spiro atoms. The van der Waals surface area contributed by atoms with Crippen LogP contribution in [-0.4, -0.2) is 42.8 Å². The molecule has 6 heteroatoms. The van der Waals surface area contributed by atoms with Crippen molar-refractivity contribution >= 4 is 12.1 Å². The minimum absolute atomic E-state index is 0.287. The monoisotopic (exact) mass is 290 g/mol. The van der Waals surface area contributed by atoms with Gasteiger partial charge in [0.05, 0.1) is 7.11 Å². The molecule has 0 bridgehead atoms. The van der Waals surface area contributed by atoms with Crippen LogP contribution >= 0.6 is 0 Å². The normalized spacial score (nSPS) is 23.8. The van der Waals surface area contributed by atoms with Crippen LogP contribution in [0.25, 0.3) is 0 Å². The van der Waals surface area contributed by atoms with E-state index in [1.807, 2.05) is 24.3 Å². The molecule has 1 aromatic carbocycles. The first-order valence-corrected chi connectivity index (χ1v) is 7.01. The number of carbonyl (C=O) groups is 2. The zero-order valence-corrected chi connectivity index (χ0v) is 11.9. The topological polar surface area (TPSA) is 67.9 Å². The van der Waals surface area contributed by atoms with Crippen LogP contribution in [0.1, 0.15) is 17.5 Å². The molecule has 1 amide bonds. The van der Waals surface area contributed by atoms with Crippen LogP contribution in [0.3, 0.4) is 0 Å². The average Bonchev–Trinajstić information content (AvgIpc) is 3.12. The molecule has 0 radical (unpaired) electrons. The van der Waals surface area contributed by atoms with Crippen molar-refractivity contribution in [2.75, 3.05) is 13.7 Å². The summed E-state index contributed by atoms with van der Waals surface area (Å²) in [6, 6.07) is 7.59. The molecule has 6 nitrogen and oxygen atoms in total. The van der Waals surface area contributed by atoms with Crippen LogP contribution < -0.4 is 5.32 Å². The molecular formula is C15H18N2O4. The van der Waals surface area contributed by atoms with Crippen molar-refractivity contribution in [3.63, 3.8) is 0 Å². The van der Waals surface area contributed by atoms with Crippen molar-refractivity contribution in [1.82, 2.24) is 10.2 Å². The molecule has 2 atom stereocenters. The van der Waals surface area contributed by atoms with Gasteiger partial charge in [-0.25, -0.2) is 4.79 Å².